The van der Waals surface area contributed by atoms with Crippen molar-refractivity contribution < 1.29 is 19.2 Å². The molecule has 0 unspecified atom stereocenters. The van der Waals surface area contributed by atoms with E-state index < -0.39 is 17.9 Å². The fraction of sp³-hybridized carbons (Fsp3) is 0.471. The zero-order chi connectivity index (χ0) is 17.8. The number of nitrogens with one attached hydrogen (secondary N) is 2. The highest BCUT2D eigenvalue weighted by atomic mass is 16.2. The van der Waals surface area contributed by atoms with Crippen LogP contribution >= 0.6 is 0 Å². The highest BCUT2D eigenvalue weighted by Gasteiger charge is 2.28. The Morgan fingerprint density at radius 3 is 2.60 bits per heavy atom. The molecule has 8 nitrogen and oxygen atoms in total. The fourth-order valence-electron chi connectivity index (χ4n) is 3.06. The highest BCUT2D eigenvalue weighted by molar-refractivity contribution is 6.03. The lowest BCUT2D eigenvalue weighted by Gasteiger charge is -2.31. The quantitative estimate of drug-likeness (QED) is 0.589. The van der Waals surface area contributed by atoms with Gasteiger partial charge in [-0.15, -0.1) is 0 Å². The summed E-state index contributed by atoms with van der Waals surface area (Å²) in [6, 6.07) is 2.71. The summed E-state index contributed by atoms with van der Waals surface area (Å²) in [6.45, 7) is 1.57. The van der Waals surface area contributed by atoms with Crippen molar-refractivity contribution in [1.82, 2.24) is 15.6 Å². The minimum atomic E-state index is -0.714. The first-order valence-corrected chi connectivity index (χ1v) is 8.37. The maximum atomic E-state index is 12.2. The van der Waals surface area contributed by atoms with Crippen LogP contribution in [-0.2, 0) is 14.4 Å². The van der Waals surface area contributed by atoms with Gasteiger partial charge in [-0.3, -0.25) is 19.7 Å². The van der Waals surface area contributed by atoms with Crippen molar-refractivity contribution in [1.29, 1.82) is 0 Å². The van der Waals surface area contributed by atoms with Gasteiger partial charge in [-0.05, 0) is 31.4 Å². The third-order valence-corrected chi connectivity index (χ3v) is 4.62. The van der Waals surface area contributed by atoms with E-state index in [0.717, 1.165) is 37.9 Å². The molecule has 0 spiro atoms. The number of anilines is 1. The molecule has 2 aliphatic heterocycles. The Morgan fingerprint density at radius 2 is 2.00 bits per heavy atom. The van der Waals surface area contributed by atoms with E-state index in [1.165, 1.54) is 0 Å². The Kier molecular flexibility index (Phi) is 5.06. The minimum absolute atomic E-state index is 0.128. The van der Waals surface area contributed by atoms with E-state index in [4.69, 9.17) is 0 Å². The van der Waals surface area contributed by atoms with Crippen molar-refractivity contribution in [3.05, 3.63) is 24.0 Å². The minimum Gasteiger partial charge on any atom is -0.370 e. The largest absolute Gasteiger partial charge is 0.370 e. The second-order valence-electron chi connectivity index (χ2n) is 6.34. The molecule has 2 fully saturated rings. The van der Waals surface area contributed by atoms with Crippen molar-refractivity contribution in [2.75, 3.05) is 18.0 Å². The van der Waals surface area contributed by atoms with Crippen LogP contribution < -0.4 is 15.5 Å². The van der Waals surface area contributed by atoms with Crippen LogP contribution in [0.2, 0.25) is 0 Å². The topological polar surface area (TPSA) is 108 Å². The van der Waals surface area contributed by atoms with Gasteiger partial charge < -0.3 is 15.0 Å². The molecule has 132 valence electrons. The predicted octanol–water partition coefficient (Wildman–Crippen LogP) is 0.0319. The van der Waals surface area contributed by atoms with E-state index in [9.17, 15) is 19.2 Å². The number of imide groups is 1. The van der Waals surface area contributed by atoms with Crippen LogP contribution in [0.3, 0.4) is 0 Å². The van der Waals surface area contributed by atoms with E-state index in [0.29, 0.717) is 6.42 Å². The van der Waals surface area contributed by atoms with Crippen molar-refractivity contribution >= 4 is 29.7 Å². The standard InChI is InChI=1S/C17H20N4O4/c22-10-11-5-7-21(8-6-11)12-1-2-13(18-9-12)16(24)19-14-3-4-15(23)20-17(14)25/h1-2,9-11,14H,3-8H2,(H,19,24)(H,20,23,25)/t14-/m1/s1. The molecule has 2 aliphatic rings. The van der Waals surface area contributed by atoms with E-state index in [-0.39, 0.29) is 23.9 Å². The number of hydrogen-bond acceptors (Lipinski definition) is 6. The molecule has 1 aromatic heterocycles. The zero-order valence-corrected chi connectivity index (χ0v) is 13.7. The summed E-state index contributed by atoms with van der Waals surface area (Å²) in [5, 5.41) is 4.80. The van der Waals surface area contributed by atoms with Crippen LogP contribution in [0.25, 0.3) is 0 Å². The third kappa shape index (κ3) is 4.01. The average molecular weight is 344 g/mol. The number of carbonyl (C=O) groups excluding carboxylic acids is 4. The summed E-state index contributed by atoms with van der Waals surface area (Å²) in [5.74, 6) is -1.13. The third-order valence-electron chi connectivity index (χ3n) is 4.62. The number of nitrogens with zero attached hydrogens (tertiary/aromatic N) is 2. The molecule has 0 radical (unpaired) electrons. The molecule has 2 saturated heterocycles. The summed E-state index contributed by atoms with van der Waals surface area (Å²) < 4.78 is 0. The highest BCUT2D eigenvalue weighted by Crippen LogP contribution is 2.21. The maximum Gasteiger partial charge on any atom is 0.270 e. The molecule has 0 aromatic carbocycles. The molecule has 3 rings (SSSR count). The average Bonchev–Trinajstić information content (AvgIpc) is 2.64. The van der Waals surface area contributed by atoms with E-state index in [2.05, 4.69) is 20.5 Å². The van der Waals surface area contributed by atoms with Crippen molar-refractivity contribution in [2.45, 2.75) is 31.7 Å². The smallest absolute Gasteiger partial charge is 0.270 e. The van der Waals surface area contributed by atoms with Crippen LogP contribution in [0.1, 0.15) is 36.2 Å². The van der Waals surface area contributed by atoms with E-state index in [1.807, 2.05) is 6.07 Å². The summed E-state index contributed by atoms with van der Waals surface area (Å²) in [5.41, 5.74) is 1.12. The van der Waals surface area contributed by atoms with Crippen molar-refractivity contribution in [3.8, 4) is 0 Å². The van der Waals surface area contributed by atoms with Gasteiger partial charge in [-0.25, -0.2) is 4.98 Å². The first-order chi connectivity index (χ1) is 12.1. The van der Waals surface area contributed by atoms with Crippen molar-refractivity contribution in [2.24, 2.45) is 5.92 Å². The number of carbonyl (C=O) groups is 4. The number of pyridine rings is 1. The van der Waals surface area contributed by atoms with Gasteiger partial charge in [0.05, 0.1) is 11.9 Å². The Bertz CT molecular complexity index is 680. The van der Waals surface area contributed by atoms with Gasteiger partial charge in [0.1, 0.15) is 18.0 Å². The monoisotopic (exact) mass is 344 g/mol. The van der Waals surface area contributed by atoms with E-state index >= 15 is 0 Å². The van der Waals surface area contributed by atoms with Crippen LogP contribution in [-0.4, -0.2) is 48.1 Å². The molecule has 2 N–H and O–H groups in total. The van der Waals surface area contributed by atoms with Gasteiger partial charge in [0.15, 0.2) is 0 Å². The Balaban J connectivity index is 1.58. The SMILES string of the molecule is O=CC1CCN(c2ccc(C(=O)N[C@@H]3CCC(=O)NC3=O)nc2)CC1. The molecule has 8 heteroatoms. The molecule has 25 heavy (non-hydrogen) atoms. The van der Waals surface area contributed by atoms with Gasteiger partial charge in [0.25, 0.3) is 5.91 Å². The first-order valence-electron chi connectivity index (χ1n) is 8.37. The molecule has 1 aromatic rings. The lowest BCUT2D eigenvalue weighted by atomic mass is 9.98. The summed E-state index contributed by atoms with van der Waals surface area (Å²) in [7, 11) is 0. The summed E-state index contributed by atoms with van der Waals surface area (Å²) >= 11 is 0. The van der Waals surface area contributed by atoms with Crippen LogP contribution in [0.5, 0.6) is 0 Å². The number of aldehydes is 1. The lowest BCUT2D eigenvalue weighted by Crippen LogP contribution is -2.52. The second-order valence-corrected chi connectivity index (χ2v) is 6.34. The molecule has 3 heterocycles. The molecule has 3 amide bonds. The Hall–Kier alpha value is -2.77. The van der Waals surface area contributed by atoms with Gasteiger partial charge in [-0.2, -0.15) is 0 Å². The predicted molar refractivity (Wildman–Crippen MR) is 88.9 cm³/mol. The van der Waals surface area contributed by atoms with Crippen molar-refractivity contribution in [3.63, 3.8) is 0 Å². The van der Waals surface area contributed by atoms with Crippen LogP contribution in [0.15, 0.2) is 18.3 Å². The van der Waals surface area contributed by atoms with Gasteiger partial charge in [0, 0.05) is 25.4 Å². The van der Waals surface area contributed by atoms with Gasteiger partial charge in [-0.1, -0.05) is 0 Å². The number of piperidine rings is 2. The first kappa shape index (κ1) is 17.1. The zero-order valence-electron chi connectivity index (χ0n) is 13.7. The second kappa shape index (κ2) is 7.42. The number of hydrogen-bond donors (Lipinski definition) is 2. The van der Waals surface area contributed by atoms with E-state index in [1.54, 1.807) is 12.3 Å². The normalized spacial score (nSPS) is 21.6. The molecular weight excluding hydrogens is 324 g/mol. The summed E-state index contributed by atoms with van der Waals surface area (Å²) in [4.78, 5) is 52.1. The van der Waals surface area contributed by atoms with Crippen LogP contribution in [0.4, 0.5) is 5.69 Å². The number of aromatic nitrogens is 1. The van der Waals surface area contributed by atoms with Crippen LogP contribution in [0, 0.1) is 5.92 Å². The van der Waals surface area contributed by atoms with Gasteiger partial charge in [0.2, 0.25) is 11.8 Å². The lowest BCUT2D eigenvalue weighted by molar-refractivity contribution is -0.134. The molecule has 0 saturated carbocycles. The summed E-state index contributed by atoms with van der Waals surface area (Å²) in [6.07, 6.45) is 4.78. The number of amides is 3. The molecular formula is C17H20N4O4. The molecule has 1 atom stereocenters. The molecule has 0 bridgehead atoms. The fourth-order valence-corrected chi connectivity index (χ4v) is 3.06. The number of rotatable bonds is 4. The maximum absolute atomic E-state index is 12.2. The Morgan fingerprint density at radius 1 is 1.24 bits per heavy atom. The van der Waals surface area contributed by atoms with Gasteiger partial charge >= 0.3 is 0 Å². The Labute approximate surface area is 145 Å². The molecule has 0 aliphatic carbocycles.